The van der Waals surface area contributed by atoms with Gasteiger partial charge in [0.05, 0.1) is 18.8 Å². The maximum Gasteiger partial charge on any atom is 0.124 e. The van der Waals surface area contributed by atoms with Crippen LogP contribution < -0.4 is 5.32 Å². The van der Waals surface area contributed by atoms with E-state index in [1.165, 1.54) is 17.7 Å². The summed E-state index contributed by atoms with van der Waals surface area (Å²) in [5, 5.41) is 8.30. The molecule has 0 spiro atoms. The van der Waals surface area contributed by atoms with E-state index in [2.05, 4.69) is 17.3 Å². The normalized spacial score (nSPS) is 11.1. The van der Waals surface area contributed by atoms with Crippen LogP contribution >= 0.6 is 11.6 Å². The molecule has 0 fully saturated rings. The minimum atomic E-state index is -0.320. The van der Waals surface area contributed by atoms with Crippen molar-refractivity contribution in [2.45, 2.75) is 33.5 Å². The molecule has 0 saturated carbocycles. The third-order valence-electron chi connectivity index (χ3n) is 3.67. The topological polar surface area (TPSA) is 39.1 Å². The molecule has 0 bridgehead atoms. The molecule has 120 valence electrons. The zero-order valence-corrected chi connectivity index (χ0v) is 13.9. The van der Waals surface area contributed by atoms with Crippen molar-refractivity contribution in [2.24, 2.45) is 0 Å². The predicted molar refractivity (Wildman–Crippen MR) is 85.5 cm³/mol. The second kappa shape index (κ2) is 7.72. The zero-order valence-electron chi connectivity index (χ0n) is 13.1. The average molecular weight is 326 g/mol. The molecule has 1 aromatic heterocycles. The van der Waals surface area contributed by atoms with Gasteiger partial charge in [-0.05, 0) is 31.5 Å². The molecule has 0 aliphatic heterocycles. The van der Waals surface area contributed by atoms with Gasteiger partial charge in [0.25, 0.3) is 0 Å². The van der Waals surface area contributed by atoms with Crippen LogP contribution in [0.15, 0.2) is 18.2 Å². The standard InChI is InChI=1S/C16H21ClFN3O/c1-11-15(12(2)21(20-11)6-7-22-3)10-19-9-13-4-5-14(18)8-16(13)17/h4-5,8,19H,6-7,9-10H2,1-3H3. The van der Waals surface area contributed by atoms with Crippen molar-refractivity contribution in [3.63, 3.8) is 0 Å². The molecule has 6 heteroatoms. The molecule has 1 heterocycles. The maximum atomic E-state index is 13.0. The van der Waals surface area contributed by atoms with Gasteiger partial charge in [0.1, 0.15) is 5.82 Å². The molecular weight excluding hydrogens is 305 g/mol. The first-order chi connectivity index (χ1) is 10.5. The Morgan fingerprint density at radius 3 is 2.77 bits per heavy atom. The summed E-state index contributed by atoms with van der Waals surface area (Å²) in [4.78, 5) is 0. The van der Waals surface area contributed by atoms with Crippen LogP contribution in [0, 0.1) is 19.7 Å². The van der Waals surface area contributed by atoms with E-state index in [0.717, 1.165) is 23.5 Å². The number of hydrogen-bond donors (Lipinski definition) is 1. The van der Waals surface area contributed by atoms with Crippen molar-refractivity contribution in [3.8, 4) is 0 Å². The fourth-order valence-corrected chi connectivity index (χ4v) is 2.61. The lowest BCUT2D eigenvalue weighted by atomic mass is 10.2. The quantitative estimate of drug-likeness (QED) is 0.849. The lowest BCUT2D eigenvalue weighted by molar-refractivity contribution is 0.182. The van der Waals surface area contributed by atoms with Gasteiger partial charge >= 0.3 is 0 Å². The number of methoxy groups -OCH3 is 1. The number of nitrogens with zero attached hydrogens (tertiary/aromatic N) is 2. The lowest BCUT2D eigenvalue weighted by Crippen LogP contribution is -2.14. The van der Waals surface area contributed by atoms with Crippen LogP contribution in [-0.4, -0.2) is 23.5 Å². The van der Waals surface area contributed by atoms with Gasteiger partial charge in [0.2, 0.25) is 0 Å². The Balaban J connectivity index is 1.98. The van der Waals surface area contributed by atoms with Gasteiger partial charge in [0.15, 0.2) is 0 Å². The fourth-order valence-electron chi connectivity index (χ4n) is 2.37. The van der Waals surface area contributed by atoms with E-state index >= 15 is 0 Å². The third-order valence-corrected chi connectivity index (χ3v) is 4.02. The van der Waals surface area contributed by atoms with Crippen LogP contribution in [-0.2, 0) is 24.4 Å². The van der Waals surface area contributed by atoms with Gasteiger partial charge in [0, 0.05) is 36.5 Å². The summed E-state index contributed by atoms with van der Waals surface area (Å²) in [6, 6.07) is 4.45. The molecule has 2 rings (SSSR count). The molecule has 0 aliphatic rings. The van der Waals surface area contributed by atoms with Gasteiger partial charge < -0.3 is 10.1 Å². The van der Waals surface area contributed by atoms with Gasteiger partial charge in [-0.1, -0.05) is 17.7 Å². The van der Waals surface area contributed by atoms with Crippen molar-refractivity contribution in [1.82, 2.24) is 15.1 Å². The smallest absolute Gasteiger partial charge is 0.124 e. The molecule has 4 nitrogen and oxygen atoms in total. The summed E-state index contributed by atoms with van der Waals surface area (Å²) >= 11 is 6.02. The molecule has 0 amide bonds. The average Bonchev–Trinajstić information content (AvgIpc) is 2.74. The second-order valence-electron chi connectivity index (χ2n) is 5.20. The van der Waals surface area contributed by atoms with Gasteiger partial charge in [-0.25, -0.2) is 4.39 Å². The van der Waals surface area contributed by atoms with E-state index in [9.17, 15) is 4.39 Å². The molecule has 2 aromatic rings. The van der Waals surface area contributed by atoms with Crippen LogP contribution in [0.25, 0.3) is 0 Å². The van der Waals surface area contributed by atoms with E-state index in [4.69, 9.17) is 16.3 Å². The summed E-state index contributed by atoms with van der Waals surface area (Å²) < 4.78 is 20.1. The largest absolute Gasteiger partial charge is 0.383 e. The van der Waals surface area contributed by atoms with Gasteiger partial charge in [-0.3, -0.25) is 4.68 Å². The Labute approximate surface area is 135 Å². The van der Waals surface area contributed by atoms with E-state index in [-0.39, 0.29) is 5.82 Å². The highest BCUT2D eigenvalue weighted by Crippen LogP contribution is 2.18. The Hall–Kier alpha value is -1.43. The number of halogens is 2. The fraction of sp³-hybridized carbons (Fsp3) is 0.438. The molecule has 0 radical (unpaired) electrons. The first-order valence-corrected chi connectivity index (χ1v) is 7.57. The third kappa shape index (κ3) is 4.06. The van der Waals surface area contributed by atoms with Crippen LogP contribution in [0.4, 0.5) is 4.39 Å². The first-order valence-electron chi connectivity index (χ1n) is 7.19. The minimum Gasteiger partial charge on any atom is -0.383 e. The van der Waals surface area contributed by atoms with Crippen LogP contribution in [0.2, 0.25) is 5.02 Å². The summed E-state index contributed by atoms with van der Waals surface area (Å²) in [6.45, 7) is 6.71. The minimum absolute atomic E-state index is 0.320. The Kier molecular flexibility index (Phi) is 5.94. The van der Waals surface area contributed by atoms with Crippen molar-refractivity contribution < 1.29 is 9.13 Å². The second-order valence-corrected chi connectivity index (χ2v) is 5.61. The predicted octanol–water partition coefficient (Wildman–Crippen LogP) is 3.23. The first kappa shape index (κ1) is 16.9. The monoisotopic (exact) mass is 325 g/mol. The number of aryl methyl sites for hydroxylation is 1. The zero-order chi connectivity index (χ0) is 16.1. The SMILES string of the molecule is COCCn1nc(C)c(CNCc2ccc(F)cc2Cl)c1C. The van der Waals surface area contributed by atoms with E-state index in [1.54, 1.807) is 13.2 Å². The highest BCUT2D eigenvalue weighted by molar-refractivity contribution is 6.31. The Morgan fingerprint density at radius 2 is 2.09 bits per heavy atom. The van der Waals surface area contributed by atoms with Crippen LogP contribution in [0.5, 0.6) is 0 Å². The van der Waals surface area contributed by atoms with E-state index < -0.39 is 0 Å². The summed E-state index contributed by atoms with van der Waals surface area (Å²) in [7, 11) is 1.68. The van der Waals surface area contributed by atoms with Gasteiger partial charge in [-0.2, -0.15) is 5.10 Å². The number of ether oxygens (including phenoxy) is 1. The highest BCUT2D eigenvalue weighted by atomic mass is 35.5. The summed E-state index contributed by atoms with van der Waals surface area (Å²) in [6.07, 6.45) is 0. The van der Waals surface area contributed by atoms with Crippen molar-refractivity contribution in [3.05, 3.63) is 51.6 Å². The number of hydrogen-bond acceptors (Lipinski definition) is 3. The Bertz CT molecular complexity index is 643. The van der Waals surface area contributed by atoms with Crippen LogP contribution in [0.3, 0.4) is 0 Å². The number of nitrogens with one attached hydrogen (secondary N) is 1. The lowest BCUT2D eigenvalue weighted by Gasteiger charge is -2.08. The van der Waals surface area contributed by atoms with E-state index in [1.807, 2.05) is 11.6 Å². The molecule has 1 N–H and O–H groups in total. The molecular formula is C16H21ClFN3O. The van der Waals surface area contributed by atoms with E-state index in [0.29, 0.717) is 24.7 Å². The molecule has 0 saturated heterocycles. The summed E-state index contributed by atoms with van der Waals surface area (Å²) in [5.74, 6) is -0.320. The number of rotatable bonds is 7. The maximum absolute atomic E-state index is 13.0. The summed E-state index contributed by atoms with van der Waals surface area (Å²) in [5.41, 5.74) is 4.19. The Morgan fingerprint density at radius 1 is 1.32 bits per heavy atom. The number of benzene rings is 1. The van der Waals surface area contributed by atoms with Crippen molar-refractivity contribution in [2.75, 3.05) is 13.7 Å². The van der Waals surface area contributed by atoms with Crippen molar-refractivity contribution in [1.29, 1.82) is 0 Å². The van der Waals surface area contributed by atoms with Crippen molar-refractivity contribution >= 4 is 11.6 Å². The molecule has 0 atom stereocenters. The van der Waals surface area contributed by atoms with Gasteiger partial charge in [-0.15, -0.1) is 0 Å². The molecule has 0 unspecified atom stereocenters. The molecule has 1 aromatic carbocycles. The molecule has 0 aliphatic carbocycles. The molecule has 22 heavy (non-hydrogen) atoms. The highest BCUT2D eigenvalue weighted by Gasteiger charge is 2.11. The van der Waals surface area contributed by atoms with Crippen LogP contribution in [0.1, 0.15) is 22.5 Å². The number of aromatic nitrogens is 2.